The summed E-state index contributed by atoms with van der Waals surface area (Å²) in [5.41, 5.74) is 0.959. The summed E-state index contributed by atoms with van der Waals surface area (Å²) in [6.45, 7) is 7.56. The van der Waals surface area contributed by atoms with Crippen LogP contribution in [0.5, 0.6) is 0 Å². The molecule has 0 aliphatic heterocycles. The van der Waals surface area contributed by atoms with E-state index in [4.69, 9.17) is 0 Å². The summed E-state index contributed by atoms with van der Waals surface area (Å²) in [4.78, 5) is 14.7. The average molecular weight is 248 g/mol. The fourth-order valence-corrected chi connectivity index (χ4v) is 2.20. The molecule has 1 aromatic rings. The number of imidazole rings is 1. The number of nitrogens with zero attached hydrogens (tertiary/aromatic N) is 2. The zero-order valence-corrected chi connectivity index (χ0v) is 11.8. The predicted molar refractivity (Wildman–Crippen MR) is 74.2 cm³/mol. The van der Waals surface area contributed by atoms with Gasteiger partial charge in [0.05, 0.1) is 5.69 Å². The molecule has 100 valence electrons. The lowest BCUT2D eigenvalue weighted by molar-refractivity contribution is 0.387. The normalized spacial score (nSPS) is 12.2. The van der Waals surface area contributed by atoms with E-state index in [1.165, 1.54) is 31.8 Å². The molecule has 0 N–H and O–H groups in total. The predicted octanol–water partition coefficient (Wildman–Crippen LogP) is 3.34. The molecule has 0 aromatic carbocycles. The van der Waals surface area contributed by atoms with E-state index in [2.05, 4.69) is 29.6 Å². The van der Waals surface area contributed by atoms with Crippen molar-refractivity contribution in [1.29, 1.82) is 0 Å². The Morgan fingerprint density at radius 3 is 2.89 bits per heavy atom. The van der Waals surface area contributed by atoms with Crippen molar-refractivity contribution >= 4 is 5.94 Å². The van der Waals surface area contributed by atoms with Gasteiger partial charge in [0.2, 0.25) is 0 Å². The van der Waals surface area contributed by atoms with Crippen molar-refractivity contribution in [2.24, 2.45) is 5.92 Å². The molecule has 0 saturated carbocycles. The lowest BCUT2D eigenvalue weighted by Gasteiger charge is -2.15. The molecule has 18 heavy (non-hydrogen) atoms. The Balaban J connectivity index is 2.64. The van der Waals surface area contributed by atoms with Crippen LogP contribution in [-0.2, 0) is 17.8 Å². The van der Waals surface area contributed by atoms with Crippen LogP contribution in [0, 0.1) is 12.8 Å². The largest absolute Gasteiger partial charge is 0.335 e. The summed E-state index contributed by atoms with van der Waals surface area (Å²) in [6, 6.07) is 0. The summed E-state index contributed by atoms with van der Waals surface area (Å²) >= 11 is 0. The number of hydrogen-bond acceptors (Lipinski definition) is 2. The minimum Gasteiger partial charge on any atom is -0.335 e. The summed E-state index contributed by atoms with van der Waals surface area (Å²) in [7, 11) is 0. The van der Waals surface area contributed by atoms with Crippen molar-refractivity contribution < 1.29 is 4.79 Å². The quantitative estimate of drug-likeness (QED) is 0.661. The van der Waals surface area contributed by atoms with E-state index >= 15 is 0 Å². The van der Waals surface area contributed by atoms with Crippen LogP contribution >= 0.6 is 0 Å². The van der Waals surface area contributed by atoms with Gasteiger partial charge in [0.15, 0.2) is 0 Å². The molecule has 3 nitrogen and oxygen atoms in total. The van der Waals surface area contributed by atoms with Gasteiger partial charge in [0, 0.05) is 25.2 Å². The third-order valence-electron chi connectivity index (χ3n) is 3.42. The molecule has 3 heteroatoms. The minimum absolute atomic E-state index is 0.586. The van der Waals surface area contributed by atoms with E-state index in [0.29, 0.717) is 6.42 Å². The smallest absolute Gasteiger partial charge is 0.120 e. The Morgan fingerprint density at radius 1 is 1.50 bits per heavy atom. The molecule has 1 heterocycles. The van der Waals surface area contributed by atoms with Crippen molar-refractivity contribution in [3.05, 3.63) is 23.8 Å². The SMILES string of the molecule is CCCCC(CC)Cn1cc(CC=C=O)nc1C. The number of carbonyl (C=O) groups excluding carboxylic acids is 1. The van der Waals surface area contributed by atoms with E-state index in [0.717, 1.165) is 24.0 Å². The number of aryl methyl sites for hydroxylation is 1. The van der Waals surface area contributed by atoms with Crippen LogP contribution in [-0.4, -0.2) is 15.5 Å². The first-order valence-corrected chi connectivity index (χ1v) is 6.93. The maximum absolute atomic E-state index is 10.2. The van der Waals surface area contributed by atoms with Gasteiger partial charge in [-0.3, -0.25) is 0 Å². The summed E-state index contributed by atoms with van der Waals surface area (Å²) in [5, 5.41) is 0. The molecule has 1 atom stereocenters. The van der Waals surface area contributed by atoms with E-state index in [-0.39, 0.29) is 0 Å². The van der Waals surface area contributed by atoms with Crippen LogP contribution < -0.4 is 0 Å². The van der Waals surface area contributed by atoms with Gasteiger partial charge >= 0.3 is 0 Å². The second kappa shape index (κ2) is 7.88. The van der Waals surface area contributed by atoms with Gasteiger partial charge in [-0.2, -0.15) is 0 Å². The van der Waals surface area contributed by atoms with E-state index in [1.54, 1.807) is 5.94 Å². The lowest BCUT2D eigenvalue weighted by Crippen LogP contribution is -2.10. The maximum atomic E-state index is 10.2. The molecule has 0 aliphatic rings. The number of rotatable bonds is 8. The second-order valence-corrected chi connectivity index (χ2v) is 4.87. The first-order valence-electron chi connectivity index (χ1n) is 6.93. The van der Waals surface area contributed by atoms with Crippen LogP contribution in [0.4, 0.5) is 0 Å². The molecule has 0 amide bonds. The lowest BCUT2D eigenvalue weighted by atomic mass is 9.99. The first-order chi connectivity index (χ1) is 8.71. The third kappa shape index (κ3) is 4.50. The molecule has 0 fully saturated rings. The van der Waals surface area contributed by atoms with Crippen molar-refractivity contribution in [2.75, 3.05) is 0 Å². The fourth-order valence-electron chi connectivity index (χ4n) is 2.20. The third-order valence-corrected chi connectivity index (χ3v) is 3.42. The molecule has 0 bridgehead atoms. The van der Waals surface area contributed by atoms with Gasteiger partial charge in [-0.05, 0) is 19.3 Å². The van der Waals surface area contributed by atoms with Crippen molar-refractivity contribution in [3.8, 4) is 0 Å². The second-order valence-electron chi connectivity index (χ2n) is 4.87. The monoisotopic (exact) mass is 248 g/mol. The topological polar surface area (TPSA) is 34.9 Å². The zero-order valence-electron chi connectivity index (χ0n) is 11.8. The van der Waals surface area contributed by atoms with Crippen molar-refractivity contribution in [2.45, 2.75) is 59.4 Å². The molecule has 0 saturated heterocycles. The molecule has 0 aliphatic carbocycles. The van der Waals surface area contributed by atoms with Crippen LogP contribution in [0.25, 0.3) is 0 Å². The van der Waals surface area contributed by atoms with Crippen molar-refractivity contribution in [1.82, 2.24) is 9.55 Å². The molecule has 1 aromatic heterocycles. The van der Waals surface area contributed by atoms with E-state index in [9.17, 15) is 4.79 Å². The number of hydrogen-bond donors (Lipinski definition) is 0. The van der Waals surface area contributed by atoms with Gasteiger partial charge in [-0.15, -0.1) is 0 Å². The Morgan fingerprint density at radius 2 is 2.28 bits per heavy atom. The zero-order chi connectivity index (χ0) is 13.4. The van der Waals surface area contributed by atoms with E-state index < -0.39 is 0 Å². The van der Waals surface area contributed by atoms with E-state index in [1.807, 2.05) is 6.92 Å². The highest BCUT2D eigenvalue weighted by Crippen LogP contribution is 2.16. The summed E-state index contributed by atoms with van der Waals surface area (Å²) < 4.78 is 2.22. The highest BCUT2D eigenvalue weighted by molar-refractivity contribution is 5.45. The van der Waals surface area contributed by atoms with Crippen LogP contribution in [0.15, 0.2) is 12.3 Å². The molecule has 0 spiro atoms. The minimum atomic E-state index is 0.586. The number of aromatic nitrogens is 2. The number of allylic oxidation sites excluding steroid dienone is 1. The fraction of sp³-hybridized carbons (Fsp3) is 0.667. The molecule has 1 rings (SSSR count). The van der Waals surface area contributed by atoms with Gasteiger partial charge < -0.3 is 4.57 Å². The summed E-state index contributed by atoms with van der Waals surface area (Å²) in [6.07, 6.45) is 9.19. The Labute approximate surface area is 110 Å². The number of unbranched alkanes of at least 4 members (excludes halogenated alkanes) is 1. The Kier molecular flexibility index (Phi) is 6.45. The Hall–Kier alpha value is -1.34. The van der Waals surface area contributed by atoms with Crippen molar-refractivity contribution in [3.63, 3.8) is 0 Å². The highest BCUT2D eigenvalue weighted by atomic mass is 16.1. The molecule has 0 radical (unpaired) electrons. The van der Waals surface area contributed by atoms with Crippen LogP contribution in [0.3, 0.4) is 0 Å². The maximum Gasteiger partial charge on any atom is 0.120 e. The summed E-state index contributed by atoms with van der Waals surface area (Å²) in [5.74, 6) is 3.57. The molecule has 1 unspecified atom stereocenters. The average Bonchev–Trinajstić information content (AvgIpc) is 2.72. The van der Waals surface area contributed by atoms with Gasteiger partial charge in [0.25, 0.3) is 0 Å². The van der Waals surface area contributed by atoms with Crippen LogP contribution in [0.1, 0.15) is 51.0 Å². The first kappa shape index (κ1) is 14.7. The highest BCUT2D eigenvalue weighted by Gasteiger charge is 2.10. The Bertz CT molecular complexity index is 403. The standard InChI is InChI=1S/C15H24N2O/c1-4-6-8-14(5-2)11-17-12-15(9-7-10-18)16-13(17)3/h7,12,14H,4-6,8-9,11H2,1-3H3. The van der Waals surface area contributed by atoms with Gasteiger partial charge in [-0.1, -0.05) is 33.1 Å². The van der Waals surface area contributed by atoms with Crippen LogP contribution in [0.2, 0.25) is 0 Å². The molecular formula is C15H24N2O. The molecular weight excluding hydrogens is 224 g/mol. The van der Waals surface area contributed by atoms with Gasteiger partial charge in [0.1, 0.15) is 11.8 Å². The van der Waals surface area contributed by atoms with Gasteiger partial charge in [-0.25, -0.2) is 9.78 Å².